The smallest absolute Gasteiger partial charge is 0.168 e. The van der Waals surface area contributed by atoms with Crippen LogP contribution in [0.3, 0.4) is 0 Å². The highest BCUT2D eigenvalue weighted by Gasteiger charge is 2.28. The van der Waals surface area contributed by atoms with Crippen LogP contribution in [-0.2, 0) is 5.06 Å². The summed E-state index contributed by atoms with van der Waals surface area (Å²) in [7, 11) is 0. The molecule has 0 amide bonds. The predicted octanol–water partition coefficient (Wildman–Crippen LogP) is 2.49. The van der Waals surface area contributed by atoms with Gasteiger partial charge in [-0.05, 0) is 5.56 Å². The molecule has 1 nitrogen and oxygen atoms in total. The first kappa shape index (κ1) is 7.84. The highest BCUT2D eigenvalue weighted by molar-refractivity contribution is 6.23. The second kappa shape index (κ2) is 2.61. The maximum atomic E-state index is 9.74. The van der Waals surface area contributed by atoms with Crippen molar-refractivity contribution in [3.8, 4) is 0 Å². The number of aliphatic hydroxyl groups is 1. The lowest BCUT2D eigenvalue weighted by Gasteiger charge is -2.24. The van der Waals surface area contributed by atoms with Crippen molar-refractivity contribution in [1.82, 2.24) is 0 Å². The molecule has 2 rings (SSSR count). The van der Waals surface area contributed by atoms with Crippen LogP contribution in [-0.4, -0.2) is 5.11 Å². The van der Waals surface area contributed by atoms with Crippen LogP contribution in [0.25, 0.3) is 6.08 Å². The summed E-state index contributed by atoms with van der Waals surface area (Å²) in [4.78, 5) is 0. The highest BCUT2D eigenvalue weighted by atomic mass is 35.5. The number of alkyl halides is 1. The monoisotopic (exact) mass is 180 g/mol. The first-order valence-corrected chi connectivity index (χ1v) is 4.25. The van der Waals surface area contributed by atoms with Crippen molar-refractivity contribution in [3.05, 3.63) is 41.5 Å². The zero-order valence-electron chi connectivity index (χ0n) is 6.50. The van der Waals surface area contributed by atoms with Gasteiger partial charge in [-0.25, -0.2) is 0 Å². The standard InChI is InChI=1S/C10H9ClO/c11-10(12)7-3-5-8-4-1-2-6-9(8)10/h1-6,12H,7H2/t10-/m1/s1. The molecule has 2 heteroatoms. The van der Waals surface area contributed by atoms with E-state index in [0.29, 0.717) is 6.42 Å². The number of hydrogen-bond acceptors (Lipinski definition) is 1. The van der Waals surface area contributed by atoms with Crippen molar-refractivity contribution < 1.29 is 5.11 Å². The third kappa shape index (κ3) is 1.15. The Morgan fingerprint density at radius 1 is 1.33 bits per heavy atom. The molecule has 1 aliphatic rings. The second-order valence-electron chi connectivity index (χ2n) is 2.95. The van der Waals surface area contributed by atoms with Crippen LogP contribution in [0.2, 0.25) is 0 Å². The van der Waals surface area contributed by atoms with Crippen LogP contribution in [0.15, 0.2) is 30.3 Å². The minimum absolute atomic E-state index is 0.478. The normalized spacial score (nSPS) is 26.8. The molecule has 1 aromatic carbocycles. The summed E-state index contributed by atoms with van der Waals surface area (Å²) in [5, 5.41) is 8.54. The lowest BCUT2D eigenvalue weighted by molar-refractivity contribution is 0.131. The average molecular weight is 181 g/mol. The van der Waals surface area contributed by atoms with E-state index in [2.05, 4.69) is 0 Å². The Kier molecular flexibility index (Phi) is 1.71. The third-order valence-electron chi connectivity index (χ3n) is 2.06. The van der Waals surface area contributed by atoms with Crippen LogP contribution >= 0.6 is 11.6 Å². The summed E-state index contributed by atoms with van der Waals surface area (Å²) < 4.78 is 0. The molecular formula is C10H9ClO. The van der Waals surface area contributed by atoms with E-state index in [1.165, 1.54) is 0 Å². The van der Waals surface area contributed by atoms with Crippen molar-refractivity contribution in [1.29, 1.82) is 0 Å². The highest BCUT2D eigenvalue weighted by Crippen LogP contribution is 2.36. The molecule has 0 bridgehead atoms. The largest absolute Gasteiger partial charge is 0.370 e. The fourth-order valence-corrected chi connectivity index (χ4v) is 1.70. The Labute approximate surface area is 76.3 Å². The van der Waals surface area contributed by atoms with Gasteiger partial charge in [-0.1, -0.05) is 48.0 Å². The lowest BCUT2D eigenvalue weighted by Crippen LogP contribution is -2.20. The van der Waals surface area contributed by atoms with Crippen LogP contribution in [0, 0.1) is 0 Å². The van der Waals surface area contributed by atoms with Crippen LogP contribution in [0.5, 0.6) is 0 Å². The molecule has 0 saturated heterocycles. The molecule has 0 unspecified atom stereocenters. The second-order valence-corrected chi connectivity index (χ2v) is 3.58. The van der Waals surface area contributed by atoms with Gasteiger partial charge in [0.15, 0.2) is 5.06 Å². The summed E-state index contributed by atoms with van der Waals surface area (Å²) >= 11 is 5.91. The number of hydrogen-bond donors (Lipinski definition) is 1. The molecule has 62 valence electrons. The van der Waals surface area contributed by atoms with E-state index in [9.17, 15) is 5.11 Å². The van der Waals surface area contributed by atoms with Gasteiger partial charge in [0, 0.05) is 12.0 Å². The lowest BCUT2D eigenvalue weighted by atomic mass is 9.94. The van der Waals surface area contributed by atoms with Gasteiger partial charge in [-0.15, -0.1) is 0 Å². The number of fused-ring (bicyclic) bond motifs is 1. The number of benzene rings is 1. The van der Waals surface area contributed by atoms with Crippen molar-refractivity contribution in [2.75, 3.05) is 0 Å². The zero-order valence-corrected chi connectivity index (χ0v) is 7.25. The molecule has 0 spiro atoms. The molecule has 0 aliphatic heterocycles. The minimum Gasteiger partial charge on any atom is -0.370 e. The van der Waals surface area contributed by atoms with E-state index in [-0.39, 0.29) is 0 Å². The first-order chi connectivity index (χ1) is 5.70. The molecule has 0 radical (unpaired) electrons. The molecule has 0 aromatic heterocycles. The van der Waals surface area contributed by atoms with Crippen molar-refractivity contribution in [2.45, 2.75) is 11.5 Å². The molecule has 0 saturated carbocycles. The first-order valence-electron chi connectivity index (χ1n) is 3.87. The van der Waals surface area contributed by atoms with Crippen molar-refractivity contribution in [3.63, 3.8) is 0 Å². The summed E-state index contributed by atoms with van der Waals surface area (Å²) in [6.45, 7) is 0. The summed E-state index contributed by atoms with van der Waals surface area (Å²) in [6, 6.07) is 7.61. The van der Waals surface area contributed by atoms with Crippen molar-refractivity contribution in [2.24, 2.45) is 0 Å². The van der Waals surface area contributed by atoms with Crippen LogP contribution < -0.4 is 0 Å². The Hall–Kier alpha value is -0.790. The molecule has 1 aromatic rings. The van der Waals surface area contributed by atoms with E-state index in [0.717, 1.165) is 11.1 Å². The molecule has 1 atom stereocenters. The van der Waals surface area contributed by atoms with Crippen LogP contribution in [0.1, 0.15) is 17.5 Å². The molecule has 0 heterocycles. The van der Waals surface area contributed by atoms with Gasteiger partial charge in [-0.3, -0.25) is 0 Å². The summed E-state index contributed by atoms with van der Waals surface area (Å²) in [5.41, 5.74) is 1.80. The topological polar surface area (TPSA) is 20.2 Å². The Bertz CT molecular complexity index is 328. The summed E-state index contributed by atoms with van der Waals surface area (Å²) in [6.07, 6.45) is 4.34. The molecular weight excluding hydrogens is 172 g/mol. The summed E-state index contributed by atoms with van der Waals surface area (Å²) in [5.74, 6) is 0. The van der Waals surface area contributed by atoms with Gasteiger partial charge in [0.05, 0.1) is 0 Å². The van der Waals surface area contributed by atoms with Crippen LogP contribution in [0.4, 0.5) is 0 Å². The SMILES string of the molecule is O[C@]1(Cl)CC=Cc2ccccc21. The van der Waals surface area contributed by atoms with E-state index in [1.54, 1.807) is 0 Å². The predicted molar refractivity (Wildman–Crippen MR) is 49.8 cm³/mol. The zero-order chi connectivity index (χ0) is 8.60. The Morgan fingerprint density at radius 2 is 2.08 bits per heavy atom. The molecule has 0 fully saturated rings. The molecule has 1 aliphatic carbocycles. The van der Waals surface area contributed by atoms with Gasteiger partial charge in [0.1, 0.15) is 0 Å². The maximum Gasteiger partial charge on any atom is 0.168 e. The number of halogens is 1. The average Bonchev–Trinajstić information content (AvgIpc) is 2.04. The Balaban J connectivity index is 2.60. The van der Waals surface area contributed by atoms with E-state index >= 15 is 0 Å². The van der Waals surface area contributed by atoms with E-state index < -0.39 is 5.06 Å². The van der Waals surface area contributed by atoms with Gasteiger partial charge in [0.25, 0.3) is 0 Å². The quantitative estimate of drug-likeness (QED) is 0.609. The fraction of sp³-hybridized carbons (Fsp3) is 0.200. The van der Waals surface area contributed by atoms with Gasteiger partial charge < -0.3 is 5.11 Å². The van der Waals surface area contributed by atoms with E-state index in [4.69, 9.17) is 11.6 Å². The van der Waals surface area contributed by atoms with Gasteiger partial charge in [0.2, 0.25) is 0 Å². The minimum atomic E-state index is -1.20. The van der Waals surface area contributed by atoms with E-state index in [1.807, 2.05) is 36.4 Å². The van der Waals surface area contributed by atoms with Crippen molar-refractivity contribution >= 4 is 17.7 Å². The Morgan fingerprint density at radius 3 is 2.83 bits per heavy atom. The number of rotatable bonds is 0. The molecule has 12 heavy (non-hydrogen) atoms. The maximum absolute atomic E-state index is 9.74. The van der Waals surface area contributed by atoms with Gasteiger partial charge >= 0.3 is 0 Å². The van der Waals surface area contributed by atoms with Gasteiger partial charge in [-0.2, -0.15) is 0 Å². The fourth-order valence-electron chi connectivity index (χ4n) is 1.44. The third-order valence-corrected chi connectivity index (χ3v) is 2.42. The molecule has 1 N–H and O–H groups in total.